The van der Waals surface area contributed by atoms with E-state index in [9.17, 15) is 19.2 Å². The lowest BCUT2D eigenvalue weighted by Crippen LogP contribution is -2.15. The van der Waals surface area contributed by atoms with Gasteiger partial charge in [0.05, 0.1) is 5.69 Å². The fourth-order valence-electron chi connectivity index (χ4n) is 4.19. The topological polar surface area (TPSA) is 115 Å². The highest BCUT2D eigenvalue weighted by Gasteiger charge is 2.21. The van der Waals surface area contributed by atoms with Crippen molar-refractivity contribution in [3.05, 3.63) is 102 Å². The van der Waals surface area contributed by atoms with E-state index in [1.807, 2.05) is 77.7 Å². The number of hydrogen-bond donors (Lipinski definition) is 0. The van der Waals surface area contributed by atoms with Gasteiger partial charge < -0.3 is 14.6 Å². The van der Waals surface area contributed by atoms with Crippen molar-refractivity contribution in [2.75, 3.05) is 4.90 Å². The molecule has 9 nitrogen and oxygen atoms in total. The van der Waals surface area contributed by atoms with E-state index in [-0.39, 0.29) is 23.0 Å². The molecule has 0 atom stereocenters. The summed E-state index contributed by atoms with van der Waals surface area (Å²) in [6.45, 7) is 5.39. The van der Waals surface area contributed by atoms with Crippen LogP contribution in [0.1, 0.15) is 48.4 Å². The number of Topliss-reactive ketones (excluding diaryl/α,β-unsaturated/α-hetero) is 2. The molecule has 0 fully saturated rings. The molecule has 206 valence electrons. The van der Waals surface area contributed by atoms with Crippen LogP contribution in [0.15, 0.2) is 101 Å². The molecule has 0 amide bonds. The second-order valence-corrected chi connectivity index (χ2v) is 9.07. The Bertz CT molecular complexity index is 1690. The smallest absolute Gasteiger partial charge is 0.318 e. The molecule has 0 N–H and O–H groups in total. The lowest BCUT2D eigenvalue weighted by molar-refractivity contribution is -0.141. The molecule has 0 aliphatic carbocycles. The zero-order valence-corrected chi connectivity index (χ0v) is 23.0. The Hall–Kier alpha value is -5.44. The van der Waals surface area contributed by atoms with E-state index in [0.29, 0.717) is 16.5 Å². The van der Waals surface area contributed by atoms with Crippen molar-refractivity contribution < 1.29 is 28.9 Å². The molecular weight excluding hydrogens is 522 g/mol. The minimum Gasteiger partial charge on any atom is -0.318 e. The summed E-state index contributed by atoms with van der Waals surface area (Å²) in [5.74, 6) is -1.97. The maximum Gasteiger partial charge on any atom is 0.331 e. The van der Waals surface area contributed by atoms with E-state index in [1.54, 1.807) is 18.2 Å². The first-order chi connectivity index (χ1) is 19.7. The first-order valence-electron chi connectivity index (χ1n) is 12.7. The molecule has 4 aromatic carbocycles. The molecule has 4 rings (SSSR count). The highest BCUT2D eigenvalue weighted by molar-refractivity contribution is 6.47. The molecular formula is C32H27N3O6. The molecule has 0 aliphatic heterocycles. The zero-order valence-electron chi connectivity index (χ0n) is 23.0. The van der Waals surface area contributed by atoms with Crippen LogP contribution in [0.2, 0.25) is 0 Å². The lowest BCUT2D eigenvalue weighted by atomic mass is 9.97. The van der Waals surface area contributed by atoms with Crippen molar-refractivity contribution in [2.45, 2.75) is 27.7 Å². The first-order valence-corrected chi connectivity index (χ1v) is 12.7. The number of fused-ring (bicyclic) bond motifs is 1. The molecule has 0 unspecified atom stereocenters. The zero-order chi connectivity index (χ0) is 29.5. The van der Waals surface area contributed by atoms with Gasteiger partial charge in [0.2, 0.25) is 11.6 Å². The van der Waals surface area contributed by atoms with Crippen molar-refractivity contribution in [3.63, 3.8) is 0 Å². The Morgan fingerprint density at radius 3 is 1.66 bits per heavy atom. The quantitative estimate of drug-likeness (QED) is 0.101. The molecule has 0 saturated carbocycles. The third-order valence-corrected chi connectivity index (χ3v) is 6.07. The summed E-state index contributed by atoms with van der Waals surface area (Å²) in [4.78, 5) is 59.5. The van der Waals surface area contributed by atoms with Crippen LogP contribution in [0.25, 0.3) is 10.8 Å². The number of carbonyl (C=O) groups excluding carboxylic acids is 4. The van der Waals surface area contributed by atoms with Crippen molar-refractivity contribution in [1.29, 1.82) is 0 Å². The molecule has 4 aromatic rings. The Kier molecular flexibility index (Phi) is 8.79. The molecule has 0 radical (unpaired) electrons. The molecule has 9 heteroatoms. The normalized spacial score (nSPS) is 11.6. The number of ketones is 2. The third-order valence-electron chi connectivity index (χ3n) is 6.07. The van der Waals surface area contributed by atoms with Crippen LogP contribution in [0.3, 0.4) is 0 Å². The van der Waals surface area contributed by atoms with Gasteiger partial charge in [0, 0.05) is 41.7 Å². The van der Waals surface area contributed by atoms with Gasteiger partial charge >= 0.3 is 11.9 Å². The Labute approximate surface area is 236 Å². The number of carbonyl (C=O) groups is 4. The summed E-state index contributed by atoms with van der Waals surface area (Å²) < 4.78 is 0. The second kappa shape index (κ2) is 12.6. The van der Waals surface area contributed by atoms with Gasteiger partial charge in [-0.15, -0.1) is 0 Å². The van der Waals surface area contributed by atoms with E-state index < -0.39 is 11.9 Å². The van der Waals surface area contributed by atoms with E-state index in [4.69, 9.17) is 0 Å². The van der Waals surface area contributed by atoms with Crippen LogP contribution >= 0.6 is 0 Å². The van der Waals surface area contributed by atoms with E-state index in [1.165, 1.54) is 27.7 Å². The van der Waals surface area contributed by atoms with Gasteiger partial charge in [0.15, 0.2) is 0 Å². The Balaban J connectivity index is 1.80. The summed E-state index contributed by atoms with van der Waals surface area (Å²) in [6.07, 6.45) is 0. The van der Waals surface area contributed by atoms with E-state index in [2.05, 4.69) is 20.0 Å². The summed E-state index contributed by atoms with van der Waals surface area (Å²) in [5.41, 5.74) is 3.30. The fourth-order valence-corrected chi connectivity index (χ4v) is 4.19. The van der Waals surface area contributed by atoms with Gasteiger partial charge in [-0.25, -0.2) is 9.59 Å². The van der Waals surface area contributed by atoms with Gasteiger partial charge in [0.25, 0.3) is 0 Å². The maximum absolute atomic E-state index is 13.2. The number of benzene rings is 4. The summed E-state index contributed by atoms with van der Waals surface area (Å²) in [5, 5.41) is 8.74. The minimum absolute atomic E-state index is 0.0470. The van der Waals surface area contributed by atoms with E-state index >= 15 is 0 Å². The highest BCUT2D eigenvalue weighted by Crippen LogP contribution is 2.39. The maximum atomic E-state index is 13.2. The first kappa shape index (κ1) is 28.6. The van der Waals surface area contributed by atoms with Gasteiger partial charge in [-0.1, -0.05) is 52.8 Å². The van der Waals surface area contributed by atoms with Gasteiger partial charge in [-0.3, -0.25) is 9.59 Å². The lowest BCUT2D eigenvalue weighted by Gasteiger charge is -2.27. The van der Waals surface area contributed by atoms with Crippen molar-refractivity contribution in [3.8, 4) is 0 Å². The van der Waals surface area contributed by atoms with Crippen molar-refractivity contribution >= 4 is 62.8 Å². The van der Waals surface area contributed by atoms with Gasteiger partial charge in [-0.2, -0.15) is 0 Å². The SMILES string of the molecule is CC(=O)O/N=C(/C)C(=O)c1ccc(N(c2ccccc2)c2ccc(C(=O)/C(C)=N\OC(C)=O)c3ccccc23)cc1. The monoisotopic (exact) mass is 549 g/mol. The van der Waals surface area contributed by atoms with Crippen LogP contribution < -0.4 is 4.90 Å². The number of hydrogen-bond acceptors (Lipinski definition) is 9. The Morgan fingerprint density at radius 2 is 1.07 bits per heavy atom. The third kappa shape index (κ3) is 6.59. The summed E-state index contributed by atoms with van der Waals surface area (Å²) in [6, 6.07) is 27.7. The van der Waals surface area contributed by atoms with Crippen LogP contribution in [0.5, 0.6) is 0 Å². The molecule has 0 spiro atoms. The van der Waals surface area contributed by atoms with Crippen molar-refractivity contribution in [2.24, 2.45) is 10.3 Å². The van der Waals surface area contributed by atoms with Crippen molar-refractivity contribution in [1.82, 2.24) is 0 Å². The van der Waals surface area contributed by atoms with Crippen LogP contribution in [-0.2, 0) is 19.3 Å². The largest absolute Gasteiger partial charge is 0.331 e. The van der Waals surface area contributed by atoms with E-state index in [0.717, 1.165) is 22.4 Å². The second-order valence-electron chi connectivity index (χ2n) is 9.07. The Morgan fingerprint density at radius 1 is 0.561 bits per heavy atom. The van der Waals surface area contributed by atoms with Crippen LogP contribution in [0, 0.1) is 0 Å². The predicted molar refractivity (Wildman–Crippen MR) is 157 cm³/mol. The fraction of sp³-hybridized carbons (Fsp3) is 0.125. The predicted octanol–water partition coefficient (Wildman–Crippen LogP) is 6.55. The van der Waals surface area contributed by atoms with Crippen LogP contribution in [-0.4, -0.2) is 34.9 Å². The average molecular weight is 550 g/mol. The standard InChI is InChI=1S/C32H27N3O6/c1-20(33-40-22(3)36)31(38)24-14-16-26(17-15-24)35(25-10-6-5-7-11-25)30-19-18-29(27-12-8-9-13-28(27)30)32(39)21(2)34-41-23(4)37/h5-19H,1-4H3/b33-20-,34-21-. The number of oxime groups is 2. The molecule has 0 aromatic heterocycles. The van der Waals surface area contributed by atoms with Crippen LogP contribution in [0.4, 0.5) is 17.1 Å². The van der Waals surface area contributed by atoms with Gasteiger partial charge in [0.1, 0.15) is 11.4 Å². The molecule has 0 aliphatic rings. The molecule has 0 bridgehead atoms. The number of para-hydroxylation sites is 1. The number of anilines is 3. The summed E-state index contributed by atoms with van der Waals surface area (Å²) in [7, 11) is 0. The number of rotatable bonds is 9. The molecule has 0 saturated heterocycles. The average Bonchev–Trinajstić information content (AvgIpc) is 2.99. The van der Waals surface area contributed by atoms with Gasteiger partial charge in [-0.05, 0) is 67.8 Å². The number of nitrogens with zero attached hydrogens (tertiary/aromatic N) is 3. The molecule has 0 heterocycles. The molecule has 41 heavy (non-hydrogen) atoms. The highest BCUT2D eigenvalue weighted by atomic mass is 16.7. The summed E-state index contributed by atoms with van der Waals surface area (Å²) >= 11 is 0. The minimum atomic E-state index is -0.615.